The number of fused-ring (bicyclic) bond motifs is 2. The van der Waals surface area contributed by atoms with Crippen LogP contribution in [0.15, 0.2) is 65.1 Å². The van der Waals surface area contributed by atoms with Crippen molar-refractivity contribution in [3.8, 4) is 22.8 Å². The van der Waals surface area contributed by atoms with Gasteiger partial charge in [0.25, 0.3) is 5.91 Å². The van der Waals surface area contributed by atoms with Crippen LogP contribution in [0.1, 0.15) is 58.8 Å². The molecule has 0 saturated heterocycles. The summed E-state index contributed by atoms with van der Waals surface area (Å²) in [5.41, 5.74) is 7.35. The number of ether oxygens (including phenoxy) is 2. The van der Waals surface area contributed by atoms with E-state index in [4.69, 9.17) is 36.2 Å². The SMILES string of the molecule is Cc1nc2c(OC3CC3)cc(C(=O)NCC(c3ccccc3)c3cc4c(c(-c5cc(Cl)c(F)cc5F)n3)OC[C@]4(C)C(N)=O)cc2o1. The number of hydrogen-bond acceptors (Lipinski definition) is 7. The maximum absolute atomic E-state index is 15.3. The van der Waals surface area contributed by atoms with Crippen molar-refractivity contribution >= 4 is 34.5 Å². The first-order valence-corrected chi connectivity index (χ1v) is 15.4. The van der Waals surface area contributed by atoms with Gasteiger partial charge in [-0.25, -0.2) is 18.7 Å². The predicted octanol–water partition coefficient (Wildman–Crippen LogP) is 6.37. The van der Waals surface area contributed by atoms with E-state index in [9.17, 15) is 14.0 Å². The average Bonchev–Trinajstić information content (AvgIpc) is 3.68. The molecule has 2 atom stereocenters. The molecule has 1 aliphatic carbocycles. The van der Waals surface area contributed by atoms with Gasteiger partial charge in [-0.05, 0) is 49.6 Å². The molecule has 3 N–H and O–H groups in total. The second-order valence-electron chi connectivity index (χ2n) is 12.0. The molecular formula is C35H29ClF2N4O5. The highest BCUT2D eigenvalue weighted by Crippen LogP contribution is 2.46. The van der Waals surface area contributed by atoms with E-state index in [1.165, 1.54) is 0 Å². The summed E-state index contributed by atoms with van der Waals surface area (Å²) in [6.45, 7) is 3.31. The third-order valence-corrected chi connectivity index (χ3v) is 8.86. The summed E-state index contributed by atoms with van der Waals surface area (Å²) in [7, 11) is 0. The Morgan fingerprint density at radius 1 is 1.11 bits per heavy atom. The van der Waals surface area contributed by atoms with Crippen molar-refractivity contribution in [3.05, 3.63) is 106 Å². The number of carbonyl (C=O) groups excluding carboxylic acids is 2. The Morgan fingerprint density at radius 2 is 1.87 bits per heavy atom. The van der Waals surface area contributed by atoms with Crippen molar-refractivity contribution in [1.29, 1.82) is 0 Å². The van der Waals surface area contributed by atoms with Crippen molar-refractivity contribution in [2.24, 2.45) is 5.73 Å². The molecule has 3 heterocycles. The molecule has 47 heavy (non-hydrogen) atoms. The number of primary amides is 1. The number of aryl methyl sites for hydroxylation is 1. The molecular weight excluding hydrogens is 630 g/mol. The molecule has 0 spiro atoms. The number of carbonyl (C=O) groups is 2. The first-order valence-electron chi connectivity index (χ1n) is 15.1. The zero-order chi connectivity index (χ0) is 33.0. The van der Waals surface area contributed by atoms with Crippen LogP contribution in [0.3, 0.4) is 0 Å². The summed E-state index contributed by atoms with van der Waals surface area (Å²) in [5.74, 6) is -2.41. The van der Waals surface area contributed by atoms with E-state index in [-0.39, 0.29) is 41.3 Å². The summed E-state index contributed by atoms with van der Waals surface area (Å²) in [6, 6.07) is 16.0. The number of nitrogens with two attached hydrogens (primary N) is 1. The van der Waals surface area contributed by atoms with Crippen molar-refractivity contribution in [2.45, 2.75) is 44.1 Å². The fourth-order valence-electron chi connectivity index (χ4n) is 5.74. The van der Waals surface area contributed by atoms with E-state index in [0.29, 0.717) is 45.6 Å². The molecule has 2 aliphatic rings. The Hall–Kier alpha value is -5.03. The lowest BCUT2D eigenvalue weighted by atomic mass is 9.81. The monoisotopic (exact) mass is 658 g/mol. The minimum absolute atomic E-state index is 0.0298. The number of benzene rings is 3. The summed E-state index contributed by atoms with van der Waals surface area (Å²) in [4.78, 5) is 35.6. The van der Waals surface area contributed by atoms with Crippen LogP contribution in [0.2, 0.25) is 5.02 Å². The second kappa shape index (κ2) is 11.6. The van der Waals surface area contributed by atoms with E-state index in [1.807, 2.05) is 30.3 Å². The molecule has 3 aromatic carbocycles. The first-order chi connectivity index (χ1) is 22.5. The van der Waals surface area contributed by atoms with Crippen LogP contribution in [0.5, 0.6) is 11.5 Å². The van der Waals surface area contributed by atoms with Crippen LogP contribution < -0.4 is 20.5 Å². The van der Waals surface area contributed by atoms with Gasteiger partial charge in [0.1, 0.15) is 40.8 Å². The number of aromatic nitrogens is 2. The van der Waals surface area contributed by atoms with Gasteiger partial charge >= 0.3 is 0 Å². The van der Waals surface area contributed by atoms with Gasteiger partial charge in [-0.2, -0.15) is 0 Å². The fourth-order valence-corrected chi connectivity index (χ4v) is 5.91. The molecule has 240 valence electrons. The van der Waals surface area contributed by atoms with Gasteiger partial charge in [0, 0.05) is 42.1 Å². The Balaban J connectivity index is 1.30. The smallest absolute Gasteiger partial charge is 0.251 e. The van der Waals surface area contributed by atoms with Crippen LogP contribution in [-0.2, 0) is 10.2 Å². The number of amides is 2. The number of hydrogen-bond donors (Lipinski definition) is 2. The van der Waals surface area contributed by atoms with Crippen LogP contribution in [0, 0.1) is 18.6 Å². The van der Waals surface area contributed by atoms with Crippen molar-refractivity contribution < 1.29 is 32.3 Å². The number of oxazole rings is 1. The number of nitrogens with one attached hydrogen (secondary N) is 1. The Labute approximate surface area is 273 Å². The second-order valence-corrected chi connectivity index (χ2v) is 12.5. The van der Waals surface area contributed by atoms with Gasteiger partial charge in [0.2, 0.25) is 5.91 Å². The topological polar surface area (TPSA) is 130 Å². The highest BCUT2D eigenvalue weighted by atomic mass is 35.5. The zero-order valence-electron chi connectivity index (χ0n) is 25.4. The van der Waals surface area contributed by atoms with E-state index in [0.717, 1.165) is 24.5 Å². The summed E-state index contributed by atoms with van der Waals surface area (Å²) >= 11 is 6.06. The minimum Gasteiger partial charge on any atom is -0.489 e. The Bertz CT molecular complexity index is 2070. The minimum atomic E-state index is -1.27. The highest BCUT2D eigenvalue weighted by molar-refractivity contribution is 6.31. The van der Waals surface area contributed by atoms with E-state index in [1.54, 1.807) is 32.0 Å². The predicted molar refractivity (Wildman–Crippen MR) is 170 cm³/mol. The molecule has 0 radical (unpaired) electrons. The number of halogens is 3. The Morgan fingerprint density at radius 3 is 2.60 bits per heavy atom. The van der Waals surface area contributed by atoms with Crippen molar-refractivity contribution in [3.63, 3.8) is 0 Å². The van der Waals surface area contributed by atoms with Gasteiger partial charge in [-0.1, -0.05) is 41.9 Å². The lowest BCUT2D eigenvalue weighted by molar-refractivity contribution is -0.123. The maximum atomic E-state index is 15.3. The molecule has 12 heteroatoms. The van der Waals surface area contributed by atoms with Gasteiger partial charge in [-0.15, -0.1) is 0 Å². The molecule has 1 saturated carbocycles. The molecule has 2 amide bonds. The highest BCUT2D eigenvalue weighted by Gasteiger charge is 2.44. The summed E-state index contributed by atoms with van der Waals surface area (Å²) < 4.78 is 47.1. The molecule has 5 aromatic rings. The Kier molecular flexibility index (Phi) is 7.59. The van der Waals surface area contributed by atoms with Gasteiger partial charge in [0.15, 0.2) is 17.0 Å². The lowest BCUT2D eigenvalue weighted by Gasteiger charge is -2.23. The quantitative estimate of drug-likeness (QED) is 0.176. The molecule has 1 unspecified atom stereocenters. The van der Waals surface area contributed by atoms with E-state index >= 15 is 4.39 Å². The summed E-state index contributed by atoms with van der Waals surface area (Å²) in [5, 5.41) is 2.69. The molecule has 9 nitrogen and oxygen atoms in total. The molecule has 7 rings (SSSR count). The van der Waals surface area contributed by atoms with Crippen LogP contribution in [0.4, 0.5) is 8.78 Å². The third-order valence-electron chi connectivity index (χ3n) is 8.57. The third kappa shape index (κ3) is 5.65. The van der Waals surface area contributed by atoms with E-state index in [2.05, 4.69) is 10.3 Å². The average molecular weight is 659 g/mol. The van der Waals surface area contributed by atoms with Crippen LogP contribution in [-0.4, -0.2) is 41.0 Å². The molecule has 1 aliphatic heterocycles. The largest absolute Gasteiger partial charge is 0.489 e. The molecule has 1 fully saturated rings. The maximum Gasteiger partial charge on any atom is 0.251 e. The van der Waals surface area contributed by atoms with Crippen LogP contribution in [0.25, 0.3) is 22.4 Å². The van der Waals surface area contributed by atoms with Gasteiger partial charge in [-0.3, -0.25) is 9.59 Å². The van der Waals surface area contributed by atoms with E-state index < -0.39 is 34.8 Å². The lowest BCUT2D eigenvalue weighted by Crippen LogP contribution is -2.40. The molecule has 2 aromatic heterocycles. The van der Waals surface area contributed by atoms with Gasteiger partial charge < -0.3 is 24.9 Å². The summed E-state index contributed by atoms with van der Waals surface area (Å²) in [6.07, 6.45) is 1.93. The van der Waals surface area contributed by atoms with Crippen molar-refractivity contribution in [2.75, 3.05) is 13.2 Å². The van der Waals surface area contributed by atoms with Gasteiger partial charge in [0.05, 0.1) is 16.8 Å². The fraction of sp³-hybridized carbons (Fsp3) is 0.257. The standard InChI is InChI=1S/C35H29ClF2N4O5/c1-17-41-31-28(46-17)10-19(11-29(31)47-20-8-9-20)33(43)40-15-22(18-6-4-3-5-7-18)27-13-23-32(45-16-35(23,2)34(39)44)30(42-27)21-12-24(36)26(38)14-25(21)37/h3-7,10-14,20,22H,8-9,15-16H2,1-2H3,(H2,39,44)(H,40,43)/t22?,35-/m0/s1. The molecule has 0 bridgehead atoms. The zero-order valence-corrected chi connectivity index (χ0v) is 26.2. The number of rotatable bonds is 9. The van der Waals surface area contributed by atoms with Crippen molar-refractivity contribution in [1.82, 2.24) is 15.3 Å². The van der Waals surface area contributed by atoms with Crippen LogP contribution >= 0.6 is 11.6 Å². The number of nitrogens with zero attached hydrogens (tertiary/aromatic N) is 2. The number of pyridine rings is 1. The first kappa shape index (κ1) is 30.6. The normalized spacial score (nSPS) is 17.6.